The van der Waals surface area contributed by atoms with Gasteiger partial charge in [0.2, 0.25) is 0 Å². The molecule has 0 radical (unpaired) electrons. The Labute approximate surface area is 123 Å². The molecule has 1 aromatic heterocycles. The van der Waals surface area contributed by atoms with Gasteiger partial charge in [0.25, 0.3) is 0 Å². The number of thiophene rings is 1. The Kier molecular flexibility index (Phi) is 4.29. The zero-order chi connectivity index (χ0) is 13.3. The van der Waals surface area contributed by atoms with Crippen molar-refractivity contribution in [2.45, 2.75) is 6.42 Å². The summed E-state index contributed by atoms with van der Waals surface area (Å²) in [5.74, 6) is -1.54. The van der Waals surface area contributed by atoms with Gasteiger partial charge in [0.15, 0.2) is 5.78 Å². The quantitative estimate of drug-likeness (QED) is 0.670. The van der Waals surface area contributed by atoms with Crippen LogP contribution in [0, 0.1) is 11.6 Å². The maximum absolute atomic E-state index is 13.0. The largest absolute Gasteiger partial charge is 0.294 e. The third kappa shape index (κ3) is 3.24. The zero-order valence-electron chi connectivity index (χ0n) is 8.84. The van der Waals surface area contributed by atoms with Gasteiger partial charge in [0, 0.05) is 18.1 Å². The normalized spacial score (nSPS) is 10.7. The summed E-state index contributed by atoms with van der Waals surface area (Å²) >= 11 is 7.93. The van der Waals surface area contributed by atoms with Crippen molar-refractivity contribution in [3.05, 3.63) is 54.6 Å². The molecule has 0 N–H and O–H groups in total. The van der Waals surface area contributed by atoms with E-state index >= 15 is 0 Å². The second-order valence-electron chi connectivity index (χ2n) is 3.62. The summed E-state index contributed by atoms with van der Waals surface area (Å²) in [4.78, 5) is 12.0. The van der Waals surface area contributed by atoms with Crippen LogP contribution in [0.15, 0.2) is 31.8 Å². The van der Waals surface area contributed by atoms with Crippen molar-refractivity contribution < 1.29 is 13.6 Å². The maximum Gasteiger partial charge on any atom is 0.169 e. The van der Waals surface area contributed by atoms with E-state index in [4.69, 9.17) is 0 Å². The second-order valence-corrected chi connectivity index (χ2v) is 7.36. The highest BCUT2D eigenvalue weighted by Crippen LogP contribution is 2.32. The van der Waals surface area contributed by atoms with Gasteiger partial charge < -0.3 is 0 Å². The lowest BCUT2D eigenvalue weighted by Crippen LogP contribution is -2.03. The fourth-order valence-corrected chi connectivity index (χ4v) is 4.38. The molecule has 1 heterocycles. The summed E-state index contributed by atoms with van der Waals surface area (Å²) in [6.45, 7) is 0. The van der Waals surface area contributed by atoms with Gasteiger partial charge in [0.1, 0.15) is 11.6 Å². The van der Waals surface area contributed by atoms with Crippen molar-refractivity contribution in [3.63, 3.8) is 0 Å². The Bertz CT molecular complexity index is 590. The molecule has 18 heavy (non-hydrogen) atoms. The topological polar surface area (TPSA) is 17.1 Å². The standard InChI is InChI=1S/C12H6Br2F2OS/c13-11-5-9(12(14)18-11)10(17)3-6-1-7(15)4-8(16)2-6/h1-2,4-5H,3H2. The van der Waals surface area contributed by atoms with Crippen molar-refractivity contribution in [2.75, 3.05) is 0 Å². The maximum atomic E-state index is 13.0. The number of hydrogen-bond donors (Lipinski definition) is 0. The van der Waals surface area contributed by atoms with Crippen LogP contribution in [0.3, 0.4) is 0 Å². The summed E-state index contributed by atoms with van der Waals surface area (Å²) in [5.41, 5.74) is 0.836. The molecule has 0 saturated heterocycles. The summed E-state index contributed by atoms with van der Waals surface area (Å²) in [5, 5.41) is 0. The van der Waals surface area contributed by atoms with Gasteiger partial charge in [-0.05, 0) is 55.6 Å². The van der Waals surface area contributed by atoms with Crippen LogP contribution in [-0.2, 0) is 6.42 Å². The van der Waals surface area contributed by atoms with E-state index in [0.717, 1.165) is 22.0 Å². The van der Waals surface area contributed by atoms with Crippen LogP contribution in [0.4, 0.5) is 8.78 Å². The Morgan fingerprint density at radius 1 is 1.11 bits per heavy atom. The SMILES string of the molecule is O=C(Cc1cc(F)cc(F)c1)c1cc(Br)sc1Br. The number of halogens is 4. The van der Waals surface area contributed by atoms with Gasteiger partial charge >= 0.3 is 0 Å². The minimum absolute atomic E-state index is 0.0313. The molecular formula is C12H6Br2F2OS. The number of rotatable bonds is 3. The number of ketones is 1. The van der Waals surface area contributed by atoms with Gasteiger partial charge in [-0.25, -0.2) is 8.78 Å². The highest BCUT2D eigenvalue weighted by atomic mass is 79.9. The van der Waals surface area contributed by atoms with Crippen molar-refractivity contribution >= 4 is 49.0 Å². The zero-order valence-corrected chi connectivity index (χ0v) is 12.8. The van der Waals surface area contributed by atoms with E-state index in [0.29, 0.717) is 14.9 Å². The number of carbonyl (C=O) groups is 1. The first-order valence-electron chi connectivity index (χ1n) is 4.88. The Morgan fingerprint density at radius 3 is 2.22 bits per heavy atom. The van der Waals surface area contributed by atoms with E-state index in [2.05, 4.69) is 31.9 Å². The minimum Gasteiger partial charge on any atom is -0.294 e. The molecule has 6 heteroatoms. The molecule has 0 saturated carbocycles. The van der Waals surface area contributed by atoms with Gasteiger partial charge in [-0.3, -0.25) is 4.79 Å². The van der Waals surface area contributed by atoms with E-state index in [-0.39, 0.29) is 12.2 Å². The summed E-state index contributed by atoms with van der Waals surface area (Å²) in [7, 11) is 0. The third-order valence-electron chi connectivity index (χ3n) is 2.24. The van der Waals surface area contributed by atoms with Crippen molar-refractivity contribution in [2.24, 2.45) is 0 Å². The lowest BCUT2D eigenvalue weighted by Gasteiger charge is -2.01. The predicted molar refractivity (Wildman–Crippen MR) is 74.1 cm³/mol. The molecule has 0 spiro atoms. The smallest absolute Gasteiger partial charge is 0.169 e. The lowest BCUT2D eigenvalue weighted by molar-refractivity contribution is 0.0992. The van der Waals surface area contributed by atoms with E-state index in [1.807, 2.05) is 0 Å². The molecule has 0 atom stereocenters. The van der Waals surface area contributed by atoms with Crippen LogP contribution < -0.4 is 0 Å². The molecule has 0 aliphatic heterocycles. The van der Waals surface area contributed by atoms with Crippen molar-refractivity contribution in [1.82, 2.24) is 0 Å². The number of carbonyl (C=O) groups excluding carboxylic acids is 1. The fraction of sp³-hybridized carbons (Fsp3) is 0.0833. The van der Waals surface area contributed by atoms with E-state index < -0.39 is 11.6 Å². The summed E-state index contributed by atoms with van der Waals surface area (Å²) in [6, 6.07) is 4.80. The minimum atomic E-state index is -0.677. The molecular weight excluding hydrogens is 390 g/mol. The number of hydrogen-bond acceptors (Lipinski definition) is 2. The molecule has 0 aliphatic rings. The van der Waals surface area contributed by atoms with E-state index in [1.165, 1.54) is 11.3 Å². The monoisotopic (exact) mass is 394 g/mol. The van der Waals surface area contributed by atoms with E-state index in [9.17, 15) is 13.6 Å². The molecule has 0 aliphatic carbocycles. The second kappa shape index (κ2) is 5.59. The average molecular weight is 396 g/mol. The highest BCUT2D eigenvalue weighted by Gasteiger charge is 2.15. The van der Waals surface area contributed by atoms with Gasteiger partial charge in [-0.15, -0.1) is 11.3 Å². The van der Waals surface area contributed by atoms with Crippen LogP contribution in [0.5, 0.6) is 0 Å². The Balaban J connectivity index is 2.23. The van der Waals surface area contributed by atoms with Gasteiger partial charge in [0.05, 0.1) is 7.57 Å². The Hall–Kier alpha value is -0.590. The van der Waals surface area contributed by atoms with Crippen LogP contribution in [0.1, 0.15) is 15.9 Å². The van der Waals surface area contributed by atoms with Crippen LogP contribution >= 0.6 is 43.2 Å². The van der Waals surface area contributed by atoms with Crippen molar-refractivity contribution in [1.29, 1.82) is 0 Å². The first kappa shape index (κ1) is 13.8. The van der Waals surface area contributed by atoms with Gasteiger partial charge in [-0.2, -0.15) is 0 Å². The first-order chi connectivity index (χ1) is 8.45. The predicted octanol–water partition coefficient (Wildman–Crippen LogP) is 4.98. The van der Waals surface area contributed by atoms with Crippen LogP contribution in [-0.4, -0.2) is 5.78 Å². The van der Waals surface area contributed by atoms with Crippen LogP contribution in [0.2, 0.25) is 0 Å². The molecule has 1 nitrogen and oxygen atoms in total. The van der Waals surface area contributed by atoms with Crippen molar-refractivity contribution in [3.8, 4) is 0 Å². The summed E-state index contributed by atoms with van der Waals surface area (Å²) in [6.07, 6.45) is -0.0313. The number of Topliss-reactive ketones (excluding diaryl/α,β-unsaturated/α-hetero) is 1. The lowest BCUT2D eigenvalue weighted by atomic mass is 10.1. The first-order valence-corrected chi connectivity index (χ1v) is 7.29. The molecule has 94 valence electrons. The molecule has 0 unspecified atom stereocenters. The molecule has 0 fully saturated rings. The summed E-state index contributed by atoms with van der Waals surface area (Å²) < 4.78 is 27.5. The Morgan fingerprint density at radius 2 is 1.72 bits per heavy atom. The highest BCUT2D eigenvalue weighted by molar-refractivity contribution is 9.12. The molecule has 2 aromatic rings. The number of benzene rings is 1. The molecule has 0 bridgehead atoms. The average Bonchev–Trinajstić information content (AvgIpc) is 2.56. The van der Waals surface area contributed by atoms with Crippen LogP contribution in [0.25, 0.3) is 0 Å². The molecule has 2 rings (SSSR count). The fourth-order valence-electron chi connectivity index (χ4n) is 1.52. The molecule has 1 aromatic carbocycles. The van der Waals surface area contributed by atoms with E-state index in [1.54, 1.807) is 6.07 Å². The molecule has 0 amide bonds. The third-order valence-corrected chi connectivity index (χ3v) is 4.58. The van der Waals surface area contributed by atoms with Gasteiger partial charge in [-0.1, -0.05) is 0 Å².